The normalized spacial score (nSPS) is 14.6. The van der Waals surface area contributed by atoms with E-state index in [0.717, 1.165) is 55.6 Å². The third kappa shape index (κ3) is 5.78. The molecule has 1 heterocycles. The molecule has 32 heavy (non-hydrogen) atoms. The van der Waals surface area contributed by atoms with Crippen LogP contribution in [0.15, 0.2) is 83.9 Å². The largest absolute Gasteiger partial charge is 0.497 e. The van der Waals surface area contributed by atoms with Crippen molar-refractivity contribution in [2.75, 3.05) is 33.3 Å². The second kappa shape index (κ2) is 10.7. The van der Waals surface area contributed by atoms with Gasteiger partial charge in [0.1, 0.15) is 5.75 Å². The van der Waals surface area contributed by atoms with Gasteiger partial charge in [-0.3, -0.25) is 4.90 Å². The molecule has 0 saturated carbocycles. The lowest BCUT2D eigenvalue weighted by Gasteiger charge is -2.35. The van der Waals surface area contributed by atoms with Gasteiger partial charge in [0, 0.05) is 38.3 Å². The van der Waals surface area contributed by atoms with E-state index in [1.54, 1.807) is 7.11 Å². The summed E-state index contributed by atoms with van der Waals surface area (Å²) in [6.07, 6.45) is 0. The van der Waals surface area contributed by atoms with Crippen molar-refractivity contribution in [3.63, 3.8) is 0 Å². The average molecular weight is 424 g/mol. The highest BCUT2D eigenvalue weighted by Crippen LogP contribution is 2.19. The van der Waals surface area contributed by atoms with E-state index in [2.05, 4.69) is 52.8 Å². The standard InChI is InChI=1S/C28H29N3O/c1-23-8-6-7-11-25(23)22-30-18-20-31(21-19-30)28(17-12-24-9-4-3-5-10-24)29-26-13-15-27(32-2)16-14-26/h3-11,13-16H,18-22H2,1-2H3. The number of methoxy groups -OCH3 is 1. The molecule has 1 aliphatic rings. The van der Waals surface area contributed by atoms with Crippen LogP contribution < -0.4 is 4.74 Å². The number of amidine groups is 1. The Labute approximate surface area is 191 Å². The maximum atomic E-state index is 5.27. The summed E-state index contributed by atoms with van der Waals surface area (Å²) in [4.78, 5) is 9.70. The fraction of sp³-hybridized carbons (Fsp3) is 0.250. The Bertz CT molecular complexity index is 1100. The Morgan fingerprint density at radius 1 is 0.875 bits per heavy atom. The number of aryl methyl sites for hydroxylation is 1. The predicted octanol–water partition coefficient (Wildman–Crippen LogP) is 4.90. The van der Waals surface area contributed by atoms with E-state index in [4.69, 9.17) is 9.73 Å². The van der Waals surface area contributed by atoms with Crippen molar-refractivity contribution in [1.29, 1.82) is 0 Å². The minimum Gasteiger partial charge on any atom is -0.497 e. The van der Waals surface area contributed by atoms with Gasteiger partial charge in [-0.1, -0.05) is 48.4 Å². The summed E-state index contributed by atoms with van der Waals surface area (Å²) in [5, 5.41) is 0. The highest BCUT2D eigenvalue weighted by Gasteiger charge is 2.19. The van der Waals surface area contributed by atoms with Crippen LogP contribution in [-0.2, 0) is 6.54 Å². The van der Waals surface area contributed by atoms with Crippen LogP contribution in [-0.4, -0.2) is 48.9 Å². The molecule has 3 aromatic rings. The van der Waals surface area contributed by atoms with Crippen molar-refractivity contribution in [2.45, 2.75) is 13.5 Å². The summed E-state index contributed by atoms with van der Waals surface area (Å²) in [5.41, 5.74) is 4.63. The van der Waals surface area contributed by atoms with Crippen molar-refractivity contribution in [1.82, 2.24) is 9.80 Å². The molecular weight excluding hydrogens is 394 g/mol. The van der Waals surface area contributed by atoms with Crippen LogP contribution in [0.4, 0.5) is 5.69 Å². The predicted molar refractivity (Wildman–Crippen MR) is 131 cm³/mol. The first-order chi connectivity index (χ1) is 15.7. The highest BCUT2D eigenvalue weighted by atomic mass is 16.5. The van der Waals surface area contributed by atoms with Crippen molar-refractivity contribution >= 4 is 11.5 Å². The monoisotopic (exact) mass is 423 g/mol. The smallest absolute Gasteiger partial charge is 0.182 e. The molecule has 0 spiro atoms. The van der Waals surface area contributed by atoms with E-state index in [0.29, 0.717) is 0 Å². The van der Waals surface area contributed by atoms with E-state index in [1.807, 2.05) is 54.6 Å². The van der Waals surface area contributed by atoms with E-state index >= 15 is 0 Å². The lowest BCUT2D eigenvalue weighted by atomic mass is 10.1. The second-order valence-corrected chi connectivity index (χ2v) is 7.94. The molecule has 0 aromatic heterocycles. The summed E-state index contributed by atoms with van der Waals surface area (Å²) < 4.78 is 5.27. The molecule has 0 atom stereocenters. The number of nitrogens with zero attached hydrogens (tertiary/aromatic N) is 3. The molecule has 4 rings (SSSR count). The fourth-order valence-electron chi connectivity index (χ4n) is 3.75. The maximum absolute atomic E-state index is 5.27. The van der Waals surface area contributed by atoms with Crippen molar-refractivity contribution in [3.8, 4) is 17.6 Å². The quantitative estimate of drug-likeness (QED) is 0.339. The Morgan fingerprint density at radius 3 is 2.25 bits per heavy atom. The van der Waals surface area contributed by atoms with Crippen LogP contribution in [0, 0.1) is 18.8 Å². The van der Waals surface area contributed by atoms with Gasteiger partial charge in [0.25, 0.3) is 0 Å². The molecular formula is C28H29N3O. The summed E-state index contributed by atoms with van der Waals surface area (Å²) in [5.74, 6) is 8.25. The zero-order valence-corrected chi connectivity index (χ0v) is 18.8. The summed E-state index contributed by atoms with van der Waals surface area (Å²) in [6, 6.07) is 26.5. The van der Waals surface area contributed by atoms with Crippen molar-refractivity contribution in [2.24, 2.45) is 4.99 Å². The van der Waals surface area contributed by atoms with Gasteiger partial charge in [0.15, 0.2) is 5.84 Å². The minimum absolute atomic E-state index is 0.814. The van der Waals surface area contributed by atoms with E-state index in [9.17, 15) is 0 Å². The Hall–Kier alpha value is -3.55. The Morgan fingerprint density at radius 2 is 1.56 bits per heavy atom. The van der Waals surface area contributed by atoms with Crippen molar-refractivity contribution < 1.29 is 4.74 Å². The first-order valence-electron chi connectivity index (χ1n) is 11.0. The summed E-state index contributed by atoms with van der Waals surface area (Å²) >= 11 is 0. The number of piperazine rings is 1. The average Bonchev–Trinajstić information content (AvgIpc) is 2.85. The molecule has 0 radical (unpaired) electrons. The van der Waals surface area contributed by atoms with Crippen LogP contribution in [0.1, 0.15) is 16.7 Å². The maximum Gasteiger partial charge on any atom is 0.182 e. The third-order valence-corrected chi connectivity index (χ3v) is 5.73. The molecule has 0 unspecified atom stereocenters. The number of hydrogen-bond donors (Lipinski definition) is 0. The van der Waals surface area contributed by atoms with Crippen LogP contribution in [0.5, 0.6) is 5.75 Å². The molecule has 1 saturated heterocycles. The van der Waals surface area contributed by atoms with Gasteiger partial charge in [-0.25, -0.2) is 4.99 Å². The number of benzene rings is 3. The first kappa shape index (κ1) is 21.7. The Balaban J connectivity index is 1.50. The summed E-state index contributed by atoms with van der Waals surface area (Å²) in [7, 11) is 1.67. The van der Waals surface area contributed by atoms with Crippen LogP contribution in [0.25, 0.3) is 0 Å². The van der Waals surface area contributed by atoms with Crippen LogP contribution >= 0.6 is 0 Å². The molecule has 1 aliphatic heterocycles. The van der Waals surface area contributed by atoms with Gasteiger partial charge in [-0.15, -0.1) is 0 Å². The van der Waals surface area contributed by atoms with Crippen LogP contribution in [0.3, 0.4) is 0 Å². The van der Waals surface area contributed by atoms with Gasteiger partial charge in [0.2, 0.25) is 0 Å². The molecule has 0 N–H and O–H groups in total. The lowest BCUT2D eigenvalue weighted by molar-refractivity contribution is 0.176. The van der Waals surface area contributed by atoms with Crippen LogP contribution in [0.2, 0.25) is 0 Å². The summed E-state index contributed by atoms with van der Waals surface area (Å²) in [6.45, 7) is 6.96. The second-order valence-electron chi connectivity index (χ2n) is 7.94. The molecule has 162 valence electrons. The molecule has 1 fully saturated rings. The van der Waals surface area contributed by atoms with Crippen molar-refractivity contribution in [3.05, 3.63) is 95.6 Å². The Kier molecular flexibility index (Phi) is 7.22. The molecule has 4 heteroatoms. The van der Waals surface area contributed by atoms with Gasteiger partial charge >= 0.3 is 0 Å². The van der Waals surface area contributed by atoms with Gasteiger partial charge in [-0.05, 0) is 60.4 Å². The third-order valence-electron chi connectivity index (χ3n) is 5.73. The number of ether oxygens (including phenoxy) is 1. The molecule has 4 nitrogen and oxygen atoms in total. The van der Waals surface area contributed by atoms with Gasteiger partial charge in [0.05, 0.1) is 12.8 Å². The zero-order valence-electron chi connectivity index (χ0n) is 18.8. The molecule has 0 amide bonds. The van der Waals surface area contributed by atoms with Gasteiger partial charge < -0.3 is 9.64 Å². The van der Waals surface area contributed by atoms with E-state index < -0.39 is 0 Å². The van der Waals surface area contributed by atoms with E-state index in [-0.39, 0.29) is 0 Å². The topological polar surface area (TPSA) is 28.1 Å². The molecule has 3 aromatic carbocycles. The first-order valence-corrected chi connectivity index (χ1v) is 11.0. The number of aliphatic imine (C=N–C) groups is 1. The lowest BCUT2D eigenvalue weighted by Crippen LogP contribution is -2.48. The van der Waals surface area contributed by atoms with E-state index in [1.165, 1.54) is 11.1 Å². The SMILES string of the molecule is COc1ccc(N=C(C#Cc2ccccc2)N2CCN(Cc3ccccc3C)CC2)cc1. The number of hydrogen-bond acceptors (Lipinski definition) is 3. The van der Waals surface area contributed by atoms with Gasteiger partial charge in [-0.2, -0.15) is 0 Å². The molecule has 0 aliphatic carbocycles. The molecule has 0 bridgehead atoms. The minimum atomic E-state index is 0.814. The fourth-order valence-corrected chi connectivity index (χ4v) is 3.75. The number of rotatable bonds is 4. The highest BCUT2D eigenvalue weighted by molar-refractivity contribution is 6.00. The zero-order chi connectivity index (χ0) is 22.2.